The predicted molar refractivity (Wildman–Crippen MR) is 73.4 cm³/mol. The van der Waals surface area contributed by atoms with Gasteiger partial charge >= 0.3 is 0 Å². The highest BCUT2D eigenvalue weighted by Crippen LogP contribution is 2.37. The van der Waals surface area contributed by atoms with Crippen LogP contribution in [-0.2, 0) is 6.54 Å². The molecule has 0 atom stereocenters. The Bertz CT molecular complexity index is 587. The molecule has 0 bridgehead atoms. The number of ether oxygens (including phenoxy) is 1. The Balaban J connectivity index is 1.96. The minimum atomic E-state index is 0.666. The maximum atomic E-state index is 6.08. The molecule has 0 saturated carbocycles. The molecule has 1 aromatic heterocycles. The van der Waals surface area contributed by atoms with Gasteiger partial charge in [-0.2, -0.15) is 0 Å². The predicted octanol–water partition coefficient (Wildman–Crippen LogP) is 2.27. The highest BCUT2D eigenvalue weighted by Gasteiger charge is 2.22. The van der Waals surface area contributed by atoms with E-state index in [1.807, 2.05) is 32.0 Å². The molecular weight excluding hydrogens is 242 g/mol. The molecule has 0 saturated heterocycles. The normalized spacial score (nSPS) is 14.1. The van der Waals surface area contributed by atoms with Gasteiger partial charge in [0.25, 0.3) is 0 Å². The lowest BCUT2D eigenvalue weighted by atomic mass is 10.1. The number of aryl methyl sites for hydroxylation is 2. The highest BCUT2D eigenvalue weighted by atomic mass is 16.5. The second-order valence-corrected chi connectivity index (χ2v) is 4.77. The molecule has 2 heterocycles. The van der Waals surface area contributed by atoms with Gasteiger partial charge in [0.2, 0.25) is 0 Å². The van der Waals surface area contributed by atoms with Gasteiger partial charge in [-0.25, -0.2) is 0 Å². The summed E-state index contributed by atoms with van der Waals surface area (Å²) < 4.78 is 10.9. The zero-order chi connectivity index (χ0) is 13.4. The number of fused-ring (bicyclic) bond motifs is 1. The first kappa shape index (κ1) is 11.9. The van der Waals surface area contributed by atoms with Crippen LogP contribution < -0.4 is 15.4 Å². The van der Waals surface area contributed by atoms with E-state index in [4.69, 9.17) is 15.0 Å². The van der Waals surface area contributed by atoms with Gasteiger partial charge in [0.1, 0.15) is 23.8 Å². The van der Waals surface area contributed by atoms with E-state index in [-0.39, 0.29) is 0 Å². The maximum Gasteiger partial charge on any atom is 0.144 e. The third kappa shape index (κ3) is 2.01. The summed E-state index contributed by atoms with van der Waals surface area (Å²) in [7, 11) is 0. The van der Waals surface area contributed by atoms with Crippen LogP contribution in [0, 0.1) is 13.8 Å². The monoisotopic (exact) mass is 259 g/mol. The van der Waals surface area contributed by atoms with Crippen LogP contribution in [-0.4, -0.2) is 18.3 Å². The van der Waals surface area contributed by atoms with Gasteiger partial charge in [-0.05, 0) is 26.0 Å². The smallest absolute Gasteiger partial charge is 0.144 e. The minimum absolute atomic E-state index is 0.666. The molecule has 1 aromatic carbocycles. The van der Waals surface area contributed by atoms with Gasteiger partial charge < -0.3 is 19.9 Å². The first-order valence-corrected chi connectivity index (χ1v) is 6.35. The summed E-state index contributed by atoms with van der Waals surface area (Å²) in [6.07, 6.45) is 0. The Morgan fingerprint density at radius 1 is 1.37 bits per heavy atom. The van der Waals surface area contributed by atoms with Crippen LogP contribution in [0.5, 0.6) is 5.75 Å². The largest absolute Gasteiger partial charge is 0.489 e. The lowest BCUT2D eigenvalue weighted by molar-refractivity contribution is 0.307. The number of hydrogen-bond acceptors (Lipinski definition) is 5. The van der Waals surface area contributed by atoms with Crippen molar-refractivity contribution in [1.82, 2.24) is 5.16 Å². The van der Waals surface area contributed by atoms with E-state index in [2.05, 4.69) is 10.1 Å². The number of benzene rings is 1. The summed E-state index contributed by atoms with van der Waals surface area (Å²) in [5.74, 6) is 1.71. The number of nitrogens with two attached hydrogens (primary N) is 1. The summed E-state index contributed by atoms with van der Waals surface area (Å²) in [6, 6.07) is 5.76. The van der Waals surface area contributed by atoms with Gasteiger partial charge in [-0.3, -0.25) is 0 Å². The van der Waals surface area contributed by atoms with Crippen molar-refractivity contribution in [2.45, 2.75) is 20.4 Å². The molecule has 0 radical (unpaired) electrons. The summed E-state index contributed by atoms with van der Waals surface area (Å²) in [6.45, 7) is 6.11. The number of aromatic nitrogens is 1. The van der Waals surface area contributed by atoms with Crippen LogP contribution in [0.15, 0.2) is 22.7 Å². The van der Waals surface area contributed by atoms with Crippen molar-refractivity contribution in [2.24, 2.45) is 0 Å². The average molecular weight is 259 g/mol. The zero-order valence-electron chi connectivity index (χ0n) is 11.1. The molecule has 19 heavy (non-hydrogen) atoms. The molecule has 1 aliphatic heterocycles. The Kier molecular flexibility index (Phi) is 2.81. The number of hydrogen-bond donors (Lipinski definition) is 1. The van der Waals surface area contributed by atoms with Crippen molar-refractivity contribution in [1.29, 1.82) is 0 Å². The first-order chi connectivity index (χ1) is 9.16. The maximum absolute atomic E-state index is 6.08. The molecule has 100 valence electrons. The number of nitrogens with zero attached hydrogens (tertiary/aromatic N) is 2. The van der Waals surface area contributed by atoms with Crippen LogP contribution in [0.3, 0.4) is 0 Å². The topological polar surface area (TPSA) is 64.5 Å². The number of para-hydroxylation sites is 1. The third-order valence-corrected chi connectivity index (χ3v) is 3.50. The van der Waals surface area contributed by atoms with Crippen molar-refractivity contribution in [3.63, 3.8) is 0 Å². The Morgan fingerprint density at radius 2 is 2.21 bits per heavy atom. The van der Waals surface area contributed by atoms with Gasteiger partial charge in [-0.1, -0.05) is 11.2 Å². The van der Waals surface area contributed by atoms with E-state index < -0.39 is 0 Å². The van der Waals surface area contributed by atoms with Crippen molar-refractivity contribution < 1.29 is 9.26 Å². The quantitative estimate of drug-likeness (QED) is 0.838. The standard InChI is InChI=1S/C14H17N3O2/c1-9-11(10(2)19-16-9)8-17-6-7-18-13-5-3-4-12(15)14(13)17/h3-5H,6-8,15H2,1-2H3. The number of rotatable bonds is 2. The van der Waals surface area contributed by atoms with Gasteiger partial charge in [0.05, 0.1) is 17.9 Å². The van der Waals surface area contributed by atoms with Crippen molar-refractivity contribution in [2.75, 3.05) is 23.8 Å². The Labute approximate surface area is 111 Å². The zero-order valence-corrected chi connectivity index (χ0v) is 11.1. The molecule has 0 aliphatic carbocycles. The molecule has 3 rings (SSSR count). The van der Waals surface area contributed by atoms with Crippen molar-refractivity contribution in [3.8, 4) is 5.75 Å². The van der Waals surface area contributed by atoms with Crippen LogP contribution >= 0.6 is 0 Å². The van der Waals surface area contributed by atoms with E-state index in [0.717, 1.165) is 47.2 Å². The van der Waals surface area contributed by atoms with Gasteiger partial charge in [-0.15, -0.1) is 0 Å². The van der Waals surface area contributed by atoms with E-state index in [1.54, 1.807) is 0 Å². The lowest BCUT2D eigenvalue weighted by Crippen LogP contribution is -2.33. The number of nitrogen functional groups attached to an aromatic ring is 1. The molecule has 2 aromatic rings. The molecular formula is C14H17N3O2. The molecule has 0 unspecified atom stereocenters. The summed E-state index contributed by atoms with van der Waals surface area (Å²) in [5, 5.41) is 4.00. The second kappa shape index (κ2) is 4.50. The van der Waals surface area contributed by atoms with Crippen LogP contribution in [0.25, 0.3) is 0 Å². The van der Waals surface area contributed by atoms with E-state index in [1.165, 1.54) is 0 Å². The summed E-state index contributed by atoms with van der Waals surface area (Å²) >= 11 is 0. The fourth-order valence-corrected chi connectivity index (χ4v) is 2.45. The average Bonchev–Trinajstić information content (AvgIpc) is 2.71. The molecule has 5 nitrogen and oxygen atoms in total. The molecule has 5 heteroatoms. The van der Waals surface area contributed by atoms with Gasteiger partial charge in [0, 0.05) is 12.1 Å². The first-order valence-electron chi connectivity index (χ1n) is 6.35. The van der Waals surface area contributed by atoms with Crippen LogP contribution in [0.4, 0.5) is 11.4 Å². The summed E-state index contributed by atoms with van der Waals surface area (Å²) in [5.41, 5.74) is 9.83. The molecule has 0 amide bonds. The number of anilines is 2. The Morgan fingerprint density at radius 3 is 2.95 bits per heavy atom. The van der Waals surface area contributed by atoms with E-state index in [9.17, 15) is 0 Å². The van der Waals surface area contributed by atoms with Crippen molar-refractivity contribution >= 4 is 11.4 Å². The Hall–Kier alpha value is -2.17. The minimum Gasteiger partial charge on any atom is -0.489 e. The van der Waals surface area contributed by atoms with E-state index >= 15 is 0 Å². The van der Waals surface area contributed by atoms with Crippen molar-refractivity contribution in [3.05, 3.63) is 35.2 Å². The SMILES string of the molecule is Cc1noc(C)c1CN1CCOc2cccc(N)c21. The third-order valence-electron chi connectivity index (χ3n) is 3.50. The van der Waals surface area contributed by atoms with Crippen LogP contribution in [0.2, 0.25) is 0 Å². The fraction of sp³-hybridized carbons (Fsp3) is 0.357. The molecule has 1 aliphatic rings. The molecule has 0 spiro atoms. The van der Waals surface area contributed by atoms with Gasteiger partial charge in [0.15, 0.2) is 0 Å². The second-order valence-electron chi connectivity index (χ2n) is 4.77. The summed E-state index contributed by atoms with van der Waals surface area (Å²) in [4.78, 5) is 2.22. The van der Waals surface area contributed by atoms with E-state index in [0.29, 0.717) is 6.61 Å². The lowest BCUT2D eigenvalue weighted by Gasteiger charge is -2.32. The molecule has 0 fully saturated rings. The highest BCUT2D eigenvalue weighted by molar-refractivity contribution is 5.75. The fourth-order valence-electron chi connectivity index (χ4n) is 2.45. The van der Waals surface area contributed by atoms with Crippen LogP contribution in [0.1, 0.15) is 17.0 Å². The molecule has 2 N–H and O–H groups in total.